The van der Waals surface area contributed by atoms with E-state index in [1.807, 2.05) is 6.20 Å². The Bertz CT molecular complexity index is 422. The molecule has 1 rings (SSSR count). The van der Waals surface area contributed by atoms with Crippen LogP contribution in [-0.4, -0.2) is 22.6 Å². The van der Waals surface area contributed by atoms with Gasteiger partial charge in [-0.3, -0.25) is 0 Å². The zero-order valence-electron chi connectivity index (χ0n) is 14.5. The van der Waals surface area contributed by atoms with Gasteiger partial charge in [0.25, 0.3) is 0 Å². The summed E-state index contributed by atoms with van der Waals surface area (Å²) < 4.78 is 4.55. The van der Waals surface area contributed by atoms with Crippen molar-refractivity contribution in [2.24, 2.45) is 0 Å². The zero-order chi connectivity index (χ0) is 16.0. The van der Waals surface area contributed by atoms with Gasteiger partial charge in [-0.25, -0.2) is 9.13 Å². The maximum Gasteiger partial charge on any atom is 0.243 e. The van der Waals surface area contributed by atoms with Crippen molar-refractivity contribution in [1.29, 1.82) is 0 Å². The Labute approximate surface area is 136 Å². The second-order valence-electron chi connectivity index (χ2n) is 5.74. The first-order chi connectivity index (χ1) is 10.8. The van der Waals surface area contributed by atoms with E-state index >= 15 is 0 Å². The second kappa shape index (κ2) is 12.0. The molecule has 0 aromatic carbocycles. The minimum atomic E-state index is 1.06. The lowest BCUT2D eigenvalue weighted by atomic mass is 10.2. The van der Waals surface area contributed by atoms with Crippen LogP contribution in [0.5, 0.6) is 0 Å². The molecule has 4 nitrogen and oxygen atoms in total. The highest BCUT2D eigenvalue weighted by atomic mass is 15.1. The van der Waals surface area contributed by atoms with Gasteiger partial charge in [-0.1, -0.05) is 20.4 Å². The fraction of sp³-hybridized carbons (Fsp3) is 0.611. The smallest absolute Gasteiger partial charge is 0.243 e. The highest BCUT2D eigenvalue weighted by Crippen LogP contribution is 2.02. The monoisotopic (exact) mass is 306 g/mol. The number of nitrogens with two attached hydrogens (primary N) is 1. The first-order valence-electron chi connectivity index (χ1n) is 8.73. The van der Waals surface area contributed by atoms with Crippen LogP contribution in [0.3, 0.4) is 0 Å². The maximum atomic E-state index is 3.88. The molecule has 0 amide bonds. The number of quaternary nitrogens is 1. The molecule has 1 aromatic rings. The third-order valence-corrected chi connectivity index (χ3v) is 3.66. The first kappa shape index (κ1) is 18.5. The molecule has 1 aromatic heterocycles. The molecule has 0 radical (unpaired) electrons. The van der Waals surface area contributed by atoms with Gasteiger partial charge in [0.05, 0.1) is 25.8 Å². The van der Waals surface area contributed by atoms with E-state index in [0.717, 1.165) is 26.2 Å². The molecule has 0 aliphatic heterocycles. The van der Waals surface area contributed by atoms with E-state index in [1.165, 1.54) is 32.1 Å². The highest BCUT2D eigenvalue weighted by molar-refractivity contribution is 4.82. The lowest BCUT2D eigenvalue weighted by Crippen LogP contribution is -2.78. The number of rotatable bonds is 13. The van der Waals surface area contributed by atoms with Gasteiger partial charge in [-0.15, -0.1) is 0 Å². The molecular weight excluding hydrogens is 272 g/mol. The fourth-order valence-electron chi connectivity index (χ4n) is 2.39. The molecule has 2 N–H and O–H groups in total. The SMILES string of the molecule is C=CN(/C=C\[NH2+]CCC)CCCCCn1cc[n+](CCC)c1. The first-order valence-corrected chi connectivity index (χ1v) is 8.73. The number of imidazole rings is 1. The van der Waals surface area contributed by atoms with E-state index < -0.39 is 0 Å². The van der Waals surface area contributed by atoms with Crippen LogP contribution in [0, 0.1) is 0 Å². The van der Waals surface area contributed by atoms with Gasteiger partial charge in [0.15, 0.2) is 0 Å². The molecule has 4 heteroatoms. The van der Waals surface area contributed by atoms with E-state index in [4.69, 9.17) is 0 Å². The van der Waals surface area contributed by atoms with Gasteiger partial charge in [0.1, 0.15) is 18.6 Å². The van der Waals surface area contributed by atoms with E-state index in [1.54, 1.807) is 0 Å². The van der Waals surface area contributed by atoms with Crippen LogP contribution in [-0.2, 0) is 13.1 Å². The summed E-state index contributed by atoms with van der Waals surface area (Å²) in [5.74, 6) is 0. The average Bonchev–Trinajstić information content (AvgIpc) is 2.97. The molecule has 0 atom stereocenters. The Balaban J connectivity index is 2.12. The van der Waals surface area contributed by atoms with Crippen molar-refractivity contribution < 1.29 is 9.88 Å². The van der Waals surface area contributed by atoms with E-state index in [2.05, 4.69) is 70.9 Å². The third kappa shape index (κ3) is 8.03. The van der Waals surface area contributed by atoms with Crippen molar-refractivity contribution in [3.05, 3.63) is 43.9 Å². The molecule has 0 bridgehead atoms. The van der Waals surface area contributed by atoms with Crippen molar-refractivity contribution in [3.63, 3.8) is 0 Å². The Morgan fingerprint density at radius 1 is 1.23 bits per heavy atom. The number of hydrogen-bond donors (Lipinski definition) is 1. The Hall–Kier alpha value is -1.55. The van der Waals surface area contributed by atoms with Gasteiger partial charge in [-0.2, -0.15) is 0 Å². The summed E-state index contributed by atoms with van der Waals surface area (Å²) in [7, 11) is 0. The molecular formula is C18H34N4+2. The van der Waals surface area contributed by atoms with Crippen LogP contribution in [0.1, 0.15) is 46.0 Å². The Morgan fingerprint density at radius 2 is 2.09 bits per heavy atom. The van der Waals surface area contributed by atoms with E-state index in [-0.39, 0.29) is 0 Å². The molecule has 0 aliphatic carbocycles. The van der Waals surface area contributed by atoms with Crippen molar-refractivity contribution in [3.8, 4) is 0 Å². The van der Waals surface area contributed by atoms with Crippen molar-refractivity contribution in [2.45, 2.75) is 59.0 Å². The topological polar surface area (TPSA) is 28.7 Å². The van der Waals surface area contributed by atoms with Crippen LogP contribution in [0.25, 0.3) is 0 Å². The minimum absolute atomic E-state index is 1.06. The van der Waals surface area contributed by atoms with Crippen LogP contribution in [0.2, 0.25) is 0 Å². The normalized spacial score (nSPS) is 11.2. The molecule has 124 valence electrons. The van der Waals surface area contributed by atoms with Crippen LogP contribution in [0.4, 0.5) is 0 Å². The largest absolute Gasteiger partial charge is 0.350 e. The molecule has 22 heavy (non-hydrogen) atoms. The van der Waals surface area contributed by atoms with Crippen LogP contribution < -0.4 is 9.88 Å². The van der Waals surface area contributed by atoms with Gasteiger partial charge in [0, 0.05) is 6.54 Å². The molecule has 0 aliphatic rings. The molecule has 0 unspecified atom stereocenters. The number of hydrogen-bond acceptors (Lipinski definition) is 1. The van der Waals surface area contributed by atoms with Crippen LogP contribution in [0.15, 0.2) is 43.9 Å². The third-order valence-electron chi connectivity index (χ3n) is 3.66. The lowest BCUT2D eigenvalue weighted by molar-refractivity contribution is -0.696. The maximum absolute atomic E-state index is 3.88. The number of nitrogens with zero attached hydrogens (tertiary/aromatic N) is 3. The fourth-order valence-corrected chi connectivity index (χ4v) is 2.39. The van der Waals surface area contributed by atoms with Crippen molar-refractivity contribution >= 4 is 0 Å². The van der Waals surface area contributed by atoms with Crippen molar-refractivity contribution in [1.82, 2.24) is 9.47 Å². The van der Waals surface area contributed by atoms with Crippen molar-refractivity contribution in [2.75, 3.05) is 13.1 Å². The lowest BCUT2D eigenvalue weighted by Gasteiger charge is -2.13. The molecule has 1 heterocycles. The van der Waals surface area contributed by atoms with E-state index in [0.29, 0.717) is 0 Å². The van der Waals surface area contributed by atoms with Crippen LogP contribution >= 0.6 is 0 Å². The standard InChI is InChI=1S/C18H33N4/c1-4-10-19-11-15-20(6-3)13-8-7-9-14-22-17-16-21(18-22)12-5-2/h6,11,15-19H,3-5,7-10,12-14H2,1-2H3/q+1/p+1/b15-11-. The van der Waals surface area contributed by atoms with Gasteiger partial charge < -0.3 is 10.2 Å². The Morgan fingerprint density at radius 3 is 2.82 bits per heavy atom. The summed E-state index contributed by atoms with van der Waals surface area (Å²) in [6, 6.07) is 0. The molecule has 0 saturated heterocycles. The average molecular weight is 306 g/mol. The summed E-state index contributed by atoms with van der Waals surface area (Å²) in [5, 5.41) is 2.22. The predicted molar refractivity (Wildman–Crippen MR) is 91.9 cm³/mol. The molecule has 0 spiro atoms. The second-order valence-corrected chi connectivity index (χ2v) is 5.74. The highest BCUT2D eigenvalue weighted by Gasteiger charge is 2.02. The van der Waals surface area contributed by atoms with E-state index in [9.17, 15) is 0 Å². The summed E-state index contributed by atoms with van der Waals surface area (Å²) in [4.78, 5) is 2.18. The van der Waals surface area contributed by atoms with Gasteiger partial charge >= 0.3 is 0 Å². The number of aryl methyl sites for hydroxylation is 2. The summed E-state index contributed by atoms with van der Waals surface area (Å²) in [5.41, 5.74) is 0. The predicted octanol–water partition coefficient (Wildman–Crippen LogP) is 2.25. The number of aromatic nitrogens is 2. The minimum Gasteiger partial charge on any atom is -0.350 e. The summed E-state index contributed by atoms with van der Waals surface area (Å²) in [6.07, 6.45) is 18.8. The van der Waals surface area contributed by atoms with Gasteiger partial charge in [0.2, 0.25) is 6.33 Å². The quantitative estimate of drug-likeness (QED) is 0.439. The summed E-state index contributed by atoms with van der Waals surface area (Å²) >= 11 is 0. The molecule has 0 saturated carbocycles. The summed E-state index contributed by atoms with van der Waals surface area (Å²) in [6.45, 7) is 12.7. The zero-order valence-corrected chi connectivity index (χ0v) is 14.5. The van der Waals surface area contributed by atoms with Gasteiger partial charge in [-0.05, 0) is 38.3 Å². The molecule has 0 fully saturated rings. The number of unbranched alkanes of at least 4 members (excludes halogenated alkanes) is 2. The Kier molecular flexibility index (Phi) is 10.1.